The first-order chi connectivity index (χ1) is 16.4. The molecule has 0 radical (unpaired) electrons. The monoisotopic (exact) mass is 457 g/mol. The molecule has 3 aromatic rings. The fraction of sp³-hybridized carbons (Fsp3) is 0.0800. The average molecular weight is 457 g/mol. The average Bonchev–Trinajstić information content (AvgIpc) is 3.11. The summed E-state index contributed by atoms with van der Waals surface area (Å²) < 4.78 is 5.00. The van der Waals surface area contributed by atoms with Gasteiger partial charge in [0.15, 0.2) is 6.61 Å². The van der Waals surface area contributed by atoms with E-state index in [-0.39, 0.29) is 12.1 Å². The van der Waals surface area contributed by atoms with Crippen molar-refractivity contribution < 1.29 is 28.7 Å². The highest BCUT2D eigenvalue weighted by Gasteiger charge is 2.35. The van der Waals surface area contributed by atoms with Crippen molar-refractivity contribution in [3.05, 3.63) is 107 Å². The smallest absolute Gasteiger partial charge is 0.338 e. The third-order valence-corrected chi connectivity index (χ3v) is 5.07. The number of carbonyl (C=O) groups excluding carboxylic acids is 5. The number of esters is 1. The molecule has 170 valence electrons. The lowest BCUT2D eigenvalue weighted by molar-refractivity contribution is -0.125. The van der Waals surface area contributed by atoms with Crippen LogP contribution in [0.1, 0.15) is 47.0 Å². The number of hydrogen-bond donors (Lipinski definition) is 2. The lowest BCUT2D eigenvalue weighted by atomic mass is 10.1. The molecular weight excluding hydrogens is 438 g/mol. The maximum absolute atomic E-state index is 12.5. The van der Waals surface area contributed by atoms with Gasteiger partial charge in [0.1, 0.15) is 0 Å². The minimum Gasteiger partial charge on any atom is -0.452 e. The second-order valence-corrected chi connectivity index (χ2v) is 7.39. The molecule has 0 saturated heterocycles. The second-order valence-electron chi connectivity index (χ2n) is 7.39. The third kappa shape index (κ3) is 4.83. The summed E-state index contributed by atoms with van der Waals surface area (Å²) in [6.07, 6.45) is 0. The van der Waals surface area contributed by atoms with Crippen LogP contribution < -0.4 is 10.9 Å². The van der Waals surface area contributed by atoms with Gasteiger partial charge in [-0.05, 0) is 42.0 Å². The number of benzene rings is 3. The molecule has 4 amide bonds. The van der Waals surface area contributed by atoms with Gasteiger partial charge in [-0.2, -0.15) is 0 Å². The van der Waals surface area contributed by atoms with Gasteiger partial charge in [-0.1, -0.05) is 42.5 Å². The van der Waals surface area contributed by atoms with Crippen molar-refractivity contribution in [3.63, 3.8) is 0 Å². The molecule has 0 saturated carbocycles. The Kier molecular flexibility index (Phi) is 6.45. The van der Waals surface area contributed by atoms with E-state index in [0.717, 1.165) is 4.90 Å². The normalized spacial score (nSPS) is 12.2. The number of carbonyl (C=O) groups is 5. The Morgan fingerprint density at radius 2 is 1.35 bits per heavy atom. The van der Waals surface area contributed by atoms with Crippen LogP contribution in [0, 0.1) is 0 Å². The van der Waals surface area contributed by atoms with Crippen LogP contribution in [0.15, 0.2) is 78.9 Å². The summed E-state index contributed by atoms with van der Waals surface area (Å²) >= 11 is 0. The van der Waals surface area contributed by atoms with Crippen LogP contribution in [0.2, 0.25) is 0 Å². The number of amides is 4. The molecule has 3 aromatic carbocycles. The van der Waals surface area contributed by atoms with Gasteiger partial charge in [-0.25, -0.2) is 4.79 Å². The van der Waals surface area contributed by atoms with Crippen LogP contribution in [0.5, 0.6) is 0 Å². The van der Waals surface area contributed by atoms with Crippen molar-refractivity contribution in [1.82, 2.24) is 15.8 Å². The molecule has 34 heavy (non-hydrogen) atoms. The number of rotatable bonds is 6. The highest BCUT2D eigenvalue weighted by Crippen LogP contribution is 2.24. The summed E-state index contributed by atoms with van der Waals surface area (Å²) in [7, 11) is 0. The van der Waals surface area contributed by atoms with E-state index >= 15 is 0 Å². The number of nitrogens with one attached hydrogen (secondary N) is 2. The number of hydrogen-bond acceptors (Lipinski definition) is 6. The van der Waals surface area contributed by atoms with Gasteiger partial charge < -0.3 is 4.74 Å². The summed E-state index contributed by atoms with van der Waals surface area (Å²) in [6, 6.07) is 21.1. The first kappa shape index (κ1) is 22.4. The number of ether oxygens (including phenoxy) is 1. The van der Waals surface area contributed by atoms with Crippen molar-refractivity contribution in [3.8, 4) is 0 Å². The third-order valence-electron chi connectivity index (χ3n) is 5.07. The quantitative estimate of drug-likeness (QED) is 0.332. The van der Waals surface area contributed by atoms with E-state index in [1.54, 1.807) is 66.7 Å². The molecule has 0 aliphatic carbocycles. The highest BCUT2D eigenvalue weighted by atomic mass is 16.5. The Balaban J connectivity index is 1.31. The van der Waals surface area contributed by atoms with Crippen LogP contribution in [-0.2, 0) is 16.1 Å². The molecule has 0 aromatic heterocycles. The van der Waals surface area contributed by atoms with Crippen LogP contribution in [0.4, 0.5) is 0 Å². The zero-order valence-electron chi connectivity index (χ0n) is 17.8. The van der Waals surface area contributed by atoms with Crippen molar-refractivity contribution >= 4 is 29.6 Å². The molecule has 0 bridgehead atoms. The van der Waals surface area contributed by atoms with Crippen LogP contribution in [0.25, 0.3) is 0 Å². The fourth-order valence-corrected chi connectivity index (χ4v) is 3.40. The van der Waals surface area contributed by atoms with Crippen molar-refractivity contribution in [2.75, 3.05) is 6.61 Å². The van der Waals surface area contributed by atoms with E-state index in [1.165, 1.54) is 12.1 Å². The van der Waals surface area contributed by atoms with E-state index in [9.17, 15) is 24.0 Å². The molecule has 1 aliphatic heterocycles. The van der Waals surface area contributed by atoms with E-state index < -0.39 is 36.2 Å². The first-order valence-electron chi connectivity index (χ1n) is 10.3. The number of fused-ring (bicyclic) bond motifs is 1. The van der Waals surface area contributed by atoms with Crippen molar-refractivity contribution in [2.24, 2.45) is 0 Å². The number of nitrogens with zero attached hydrogens (tertiary/aromatic N) is 1. The fourth-order valence-electron chi connectivity index (χ4n) is 3.40. The topological polar surface area (TPSA) is 122 Å². The van der Waals surface area contributed by atoms with Gasteiger partial charge in [-0.15, -0.1) is 0 Å². The minimum absolute atomic E-state index is 0.0144. The summed E-state index contributed by atoms with van der Waals surface area (Å²) in [6.45, 7) is -0.629. The van der Waals surface area contributed by atoms with Gasteiger partial charge in [-0.3, -0.25) is 34.9 Å². The largest absolute Gasteiger partial charge is 0.452 e. The maximum Gasteiger partial charge on any atom is 0.338 e. The molecular formula is C25H19N3O6. The Labute approximate surface area is 194 Å². The summed E-state index contributed by atoms with van der Waals surface area (Å²) in [4.78, 5) is 62.4. The minimum atomic E-state index is -0.770. The van der Waals surface area contributed by atoms with Gasteiger partial charge in [0.05, 0.1) is 23.2 Å². The van der Waals surface area contributed by atoms with Crippen LogP contribution >= 0.6 is 0 Å². The Bertz CT molecular complexity index is 1250. The molecule has 0 spiro atoms. The molecule has 9 heteroatoms. The molecule has 1 heterocycles. The summed E-state index contributed by atoms with van der Waals surface area (Å²) in [5.74, 6) is -2.81. The van der Waals surface area contributed by atoms with Crippen LogP contribution in [-0.4, -0.2) is 41.1 Å². The Morgan fingerprint density at radius 3 is 2.03 bits per heavy atom. The van der Waals surface area contributed by atoms with E-state index in [0.29, 0.717) is 22.3 Å². The number of hydrazine groups is 1. The van der Waals surface area contributed by atoms with Crippen LogP contribution in [0.3, 0.4) is 0 Å². The second kappa shape index (κ2) is 9.78. The first-order valence-corrected chi connectivity index (χ1v) is 10.3. The van der Waals surface area contributed by atoms with Crippen molar-refractivity contribution in [1.29, 1.82) is 0 Å². The standard InChI is InChI=1S/C25H19N3O6/c29-21(26-27-22(30)17-8-2-1-3-9-17)15-34-25(33)18-10-6-7-16(13-18)14-28-23(31)19-11-4-5-12-20(19)24(28)32/h1-13H,14-15H2,(H,26,29)(H,27,30). The van der Waals surface area contributed by atoms with E-state index in [2.05, 4.69) is 10.9 Å². The summed E-state index contributed by atoms with van der Waals surface area (Å²) in [5, 5.41) is 0. The molecule has 1 aliphatic rings. The Hall–Kier alpha value is -4.79. The van der Waals surface area contributed by atoms with E-state index in [4.69, 9.17) is 4.74 Å². The molecule has 0 unspecified atom stereocenters. The van der Waals surface area contributed by atoms with Gasteiger partial charge in [0, 0.05) is 5.56 Å². The lowest BCUT2D eigenvalue weighted by Gasteiger charge is -2.14. The van der Waals surface area contributed by atoms with Gasteiger partial charge in [0.2, 0.25) is 0 Å². The van der Waals surface area contributed by atoms with Gasteiger partial charge in [0.25, 0.3) is 23.6 Å². The molecule has 4 rings (SSSR count). The summed E-state index contributed by atoms with van der Waals surface area (Å²) in [5.41, 5.74) is 6.13. The van der Waals surface area contributed by atoms with Gasteiger partial charge >= 0.3 is 5.97 Å². The zero-order chi connectivity index (χ0) is 24.1. The molecule has 2 N–H and O–H groups in total. The predicted molar refractivity (Wildman–Crippen MR) is 119 cm³/mol. The van der Waals surface area contributed by atoms with Crippen molar-refractivity contribution in [2.45, 2.75) is 6.54 Å². The lowest BCUT2D eigenvalue weighted by Crippen LogP contribution is -2.43. The molecule has 9 nitrogen and oxygen atoms in total. The highest BCUT2D eigenvalue weighted by molar-refractivity contribution is 6.21. The Morgan fingerprint density at radius 1 is 0.735 bits per heavy atom. The predicted octanol–water partition coefficient (Wildman–Crippen LogP) is 2.10. The molecule has 0 fully saturated rings. The SMILES string of the molecule is O=C(COC(=O)c1cccc(CN2C(=O)c3ccccc3C2=O)c1)NNC(=O)c1ccccc1. The zero-order valence-corrected chi connectivity index (χ0v) is 17.8. The maximum atomic E-state index is 12.5. The molecule has 0 atom stereocenters. The number of imide groups is 1. The van der Waals surface area contributed by atoms with E-state index in [1.807, 2.05) is 0 Å².